The number of benzene rings is 1. The minimum Gasteiger partial charge on any atom is -0.469 e. The van der Waals surface area contributed by atoms with E-state index in [9.17, 15) is 14.3 Å². The Morgan fingerprint density at radius 1 is 1.43 bits per heavy atom. The van der Waals surface area contributed by atoms with Gasteiger partial charge in [-0.3, -0.25) is 4.79 Å². The minimum atomic E-state index is -0.602. The van der Waals surface area contributed by atoms with Crippen molar-refractivity contribution < 1.29 is 18.7 Å². The van der Waals surface area contributed by atoms with Gasteiger partial charge in [0.2, 0.25) is 0 Å². The summed E-state index contributed by atoms with van der Waals surface area (Å²) in [7, 11) is 0. The first-order valence-electron chi connectivity index (χ1n) is 6.85. The number of nitrogens with zero attached hydrogens (tertiary/aromatic N) is 1. The summed E-state index contributed by atoms with van der Waals surface area (Å²) in [5.74, 6) is -0.00720. The lowest BCUT2D eigenvalue weighted by Gasteiger charge is -2.24. The summed E-state index contributed by atoms with van der Waals surface area (Å²) in [4.78, 5) is 14.2. The number of aryl methyl sites for hydroxylation is 1. The molecule has 2 unspecified atom stereocenters. The van der Waals surface area contributed by atoms with Gasteiger partial charge in [0.1, 0.15) is 11.6 Å². The number of β-amino-alcohol motifs (C(OH)–C–C–N with tert-alkyl or cyclic N) is 1. The Morgan fingerprint density at radius 3 is 2.90 bits per heavy atom. The fourth-order valence-electron chi connectivity index (χ4n) is 2.83. The lowest BCUT2D eigenvalue weighted by atomic mass is 10.0. The SMILES string of the molecule is Cc1occc1C(=O)N1CC(O)CC1c1cccc(F)c1. The highest BCUT2D eigenvalue weighted by Gasteiger charge is 2.36. The molecule has 1 aliphatic rings. The van der Waals surface area contributed by atoms with Crippen molar-refractivity contribution in [3.8, 4) is 0 Å². The molecule has 3 rings (SSSR count). The Balaban J connectivity index is 1.93. The van der Waals surface area contributed by atoms with E-state index in [0.29, 0.717) is 23.3 Å². The highest BCUT2D eigenvalue weighted by molar-refractivity contribution is 5.95. The van der Waals surface area contributed by atoms with Crippen molar-refractivity contribution in [2.75, 3.05) is 6.54 Å². The van der Waals surface area contributed by atoms with Gasteiger partial charge in [-0.1, -0.05) is 12.1 Å². The predicted octanol–water partition coefficient (Wildman–Crippen LogP) is 2.68. The lowest BCUT2D eigenvalue weighted by molar-refractivity contribution is 0.0714. The number of rotatable bonds is 2. The maximum absolute atomic E-state index is 13.4. The molecule has 1 fully saturated rings. The van der Waals surface area contributed by atoms with E-state index in [1.54, 1.807) is 30.0 Å². The zero-order valence-corrected chi connectivity index (χ0v) is 11.6. The van der Waals surface area contributed by atoms with E-state index in [4.69, 9.17) is 4.42 Å². The van der Waals surface area contributed by atoms with Gasteiger partial charge in [0.25, 0.3) is 5.91 Å². The summed E-state index contributed by atoms with van der Waals surface area (Å²) in [6.07, 6.45) is 1.27. The van der Waals surface area contributed by atoms with Crippen LogP contribution < -0.4 is 0 Å². The first-order chi connectivity index (χ1) is 10.1. The van der Waals surface area contributed by atoms with Gasteiger partial charge in [-0.25, -0.2) is 4.39 Å². The van der Waals surface area contributed by atoms with E-state index in [2.05, 4.69) is 0 Å². The number of likely N-dealkylation sites (tertiary alicyclic amines) is 1. The topological polar surface area (TPSA) is 53.7 Å². The van der Waals surface area contributed by atoms with Crippen molar-refractivity contribution in [2.24, 2.45) is 0 Å². The first-order valence-corrected chi connectivity index (χ1v) is 6.85. The van der Waals surface area contributed by atoms with Crippen LogP contribution >= 0.6 is 0 Å². The normalized spacial score (nSPS) is 21.8. The third kappa shape index (κ3) is 2.56. The Kier molecular flexibility index (Phi) is 3.51. The molecule has 2 atom stereocenters. The molecule has 1 amide bonds. The Labute approximate surface area is 121 Å². The van der Waals surface area contributed by atoms with Gasteiger partial charge in [0, 0.05) is 6.54 Å². The summed E-state index contributed by atoms with van der Waals surface area (Å²) in [6, 6.07) is 7.45. The Bertz CT molecular complexity index is 667. The molecule has 0 aliphatic carbocycles. The van der Waals surface area contributed by atoms with Crippen LogP contribution in [0.1, 0.15) is 34.1 Å². The van der Waals surface area contributed by atoms with Crippen LogP contribution in [0.3, 0.4) is 0 Å². The van der Waals surface area contributed by atoms with Gasteiger partial charge >= 0.3 is 0 Å². The third-order valence-corrected chi connectivity index (χ3v) is 3.86. The van der Waals surface area contributed by atoms with Gasteiger partial charge in [-0.05, 0) is 37.1 Å². The number of amides is 1. The standard InChI is InChI=1S/C16H16FNO3/c1-10-14(5-6-21-10)16(20)18-9-13(19)8-15(18)11-3-2-4-12(17)7-11/h2-7,13,15,19H,8-9H2,1H3. The smallest absolute Gasteiger partial charge is 0.257 e. The van der Waals surface area contributed by atoms with E-state index >= 15 is 0 Å². The van der Waals surface area contributed by atoms with Gasteiger partial charge in [-0.15, -0.1) is 0 Å². The van der Waals surface area contributed by atoms with Crippen LogP contribution in [0.5, 0.6) is 0 Å². The summed E-state index contributed by atoms with van der Waals surface area (Å²) in [5, 5.41) is 9.91. The average Bonchev–Trinajstić information content (AvgIpc) is 3.04. The molecular formula is C16H16FNO3. The van der Waals surface area contributed by atoms with Crippen molar-refractivity contribution in [3.63, 3.8) is 0 Å². The Morgan fingerprint density at radius 2 is 2.24 bits per heavy atom. The number of hydrogen-bond donors (Lipinski definition) is 1. The molecule has 2 heterocycles. The molecule has 110 valence electrons. The van der Waals surface area contributed by atoms with Gasteiger partial charge in [-0.2, -0.15) is 0 Å². The number of carbonyl (C=O) groups is 1. The Hall–Kier alpha value is -2.14. The minimum absolute atomic E-state index is 0.202. The average molecular weight is 289 g/mol. The number of aliphatic hydroxyl groups excluding tert-OH is 1. The molecule has 0 spiro atoms. The van der Waals surface area contributed by atoms with Crippen LogP contribution in [0.15, 0.2) is 41.0 Å². The van der Waals surface area contributed by atoms with E-state index in [-0.39, 0.29) is 24.3 Å². The van der Waals surface area contributed by atoms with E-state index < -0.39 is 6.10 Å². The van der Waals surface area contributed by atoms with Crippen molar-refractivity contribution in [1.82, 2.24) is 4.90 Å². The summed E-state index contributed by atoms with van der Waals surface area (Å²) in [5.41, 5.74) is 1.17. The van der Waals surface area contributed by atoms with Gasteiger partial charge in [0.05, 0.1) is 24.0 Å². The van der Waals surface area contributed by atoms with Crippen molar-refractivity contribution >= 4 is 5.91 Å². The largest absolute Gasteiger partial charge is 0.469 e. The molecule has 1 aliphatic heterocycles. The van der Waals surface area contributed by atoms with E-state index in [0.717, 1.165) is 0 Å². The van der Waals surface area contributed by atoms with Crippen LogP contribution in [-0.4, -0.2) is 28.6 Å². The van der Waals surface area contributed by atoms with Gasteiger partial charge < -0.3 is 14.4 Å². The molecule has 1 N–H and O–H groups in total. The molecule has 0 saturated carbocycles. The number of aliphatic hydroxyl groups is 1. The van der Waals surface area contributed by atoms with Crippen molar-refractivity contribution in [2.45, 2.75) is 25.5 Å². The van der Waals surface area contributed by atoms with Crippen molar-refractivity contribution in [1.29, 1.82) is 0 Å². The number of hydrogen-bond acceptors (Lipinski definition) is 3. The molecule has 2 aromatic rings. The molecule has 1 aromatic carbocycles. The number of halogens is 1. The fourth-order valence-corrected chi connectivity index (χ4v) is 2.83. The number of carbonyl (C=O) groups excluding carboxylic acids is 1. The fraction of sp³-hybridized carbons (Fsp3) is 0.312. The zero-order chi connectivity index (χ0) is 15.0. The second-order valence-corrected chi connectivity index (χ2v) is 5.31. The molecule has 5 heteroatoms. The predicted molar refractivity (Wildman–Crippen MR) is 74.2 cm³/mol. The zero-order valence-electron chi connectivity index (χ0n) is 11.6. The molecule has 21 heavy (non-hydrogen) atoms. The summed E-state index contributed by atoms with van der Waals surface area (Å²) in [6.45, 7) is 1.96. The van der Waals surface area contributed by atoms with E-state index in [1.165, 1.54) is 18.4 Å². The van der Waals surface area contributed by atoms with Crippen LogP contribution in [0.25, 0.3) is 0 Å². The van der Waals surface area contributed by atoms with Gasteiger partial charge in [0.15, 0.2) is 0 Å². The molecular weight excluding hydrogens is 273 g/mol. The maximum Gasteiger partial charge on any atom is 0.257 e. The highest BCUT2D eigenvalue weighted by Crippen LogP contribution is 2.34. The lowest BCUT2D eigenvalue weighted by Crippen LogP contribution is -2.32. The van der Waals surface area contributed by atoms with Crippen LogP contribution in [0, 0.1) is 12.7 Å². The van der Waals surface area contributed by atoms with Crippen LogP contribution in [0.4, 0.5) is 4.39 Å². The maximum atomic E-state index is 13.4. The molecule has 1 aromatic heterocycles. The van der Waals surface area contributed by atoms with Crippen LogP contribution in [0.2, 0.25) is 0 Å². The van der Waals surface area contributed by atoms with Crippen LogP contribution in [-0.2, 0) is 0 Å². The summed E-state index contributed by atoms with van der Waals surface area (Å²) < 4.78 is 18.6. The quantitative estimate of drug-likeness (QED) is 0.924. The molecule has 0 bridgehead atoms. The molecule has 1 saturated heterocycles. The third-order valence-electron chi connectivity index (χ3n) is 3.86. The second kappa shape index (κ2) is 5.33. The number of furan rings is 1. The second-order valence-electron chi connectivity index (χ2n) is 5.31. The highest BCUT2D eigenvalue weighted by atomic mass is 19.1. The molecule has 0 radical (unpaired) electrons. The van der Waals surface area contributed by atoms with Crippen molar-refractivity contribution in [3.05, 3.63) is 59.3 Å². The van der Waals surface area contributed by atoms with E-state index in [1.807, 2.05) is 0 Å². The monoisotopic (exact) mass is 289 g/mol. The summed E-state index contributed by atoms with van der Waals surface area (Å²) >= 11 is 0. The first kappa shape index (κ1) is 13.8. The molecule has 4 nitrogen and oxygen atoms in total.